The van der Waals surface area contributed by atoms with Crippen molar-refractivity contribution in [3.05, 3.63) is 46.3 Å². The molecule has 1 atom stereocenters. The van der Waals surface area contributed by atoms with E-state index >= 15 is 0 Å². The van der Waals surface area contributed by atoms with Crippen molar-refractivity contribution in [2.45, 2.75) is 45.7 Å². The third kappa shape index (κ3) is 2.86. The summed E-state index contributed by atoms with van der Waals surface area (Å²) in [5, 5.41) is 16.6. The molecule has 0 aliphatic heterocycles. The minimum atomic E-state index is -2.72. The van der Waals surface area contributed by atoms with Crippen molar-refractivity contribution in [3.8, 4) is 5.75 Å². The Balaban J connectivity index is 1.73. The summed E-state index contributed by atoms with van der Waals surface area (Å²) in [6, 6.07) is 5.11. The molecule has 0 spiro atoms. The number of nitrogens with zero attached hydrogens (tertiary/aromatic N) is 2. The van der Waals surface area contributed by atoms with Gasteiger partial charge in [0.05, 0.1) is 18.2 Å². The number of hydrogen-bond acceptors (Lipinski definition) is 3. The third-order valence-corrected chi connectivity index (χ3v) is 4.58. The van der Waals surface area contributed by atoms with Crippen molar-refractivity contribution in [2.75, 3.05) is 0 Å². The van der Waals surface area contributed by atoms with E-state index in [0.29, 0.717) is 34.5 Å². The summed E-state index contributed by atoms with van der Waals surface area (Å²) in [7, 11) is 0. The molecule has 0 fully saturated rings. The van der Waals surface area contributed by atoms with Gasteiger partial charge in [-0.15, -0.1) is 0 Å². The molecule has 1 heterocycles. The van der Waals surface area contributed by atoms with Crippen LogP contribution in [0, 0.1) is 13.8 Å². The number of aryl methyl sites for hydroxylation is 1. The molecule has 7 heteroatoms. The van der Waals surface area contributed by atoms with Crippen LogP contribution in [0.4, 0.5) is 8.78 Å². The van der Waals surface area contributed by atoms with E-state index in [-0.39, 0.29) is 24.1 Å². The first kappa shape index (κ1) is 16.4. The molecule has 0 radical (unpaired) electrons. The van der Waals surface area contributed by atoms with Gasteiger partial charge in [-0.1, -0.05) is 12.1 Å². The summed E-state index contributed by atoms with van der Waals surface area (Å²) >= 11 is 0. The highest BCUT2D eigenvalue weighted by atomic mass is 19.3. The van der Waals surface area contributed by atoms with Gasteiger partial charge in [0, 0.05) is 11.3 Å². The fraction of sp³-hybridized carbons (Fsp3) is 0.412. The lowest BCUT2D eigenvalue weighted by Crippen LogP contribution is -2.28. The number of carbonyl (C=O) groups excluding carboxylic acids is 1. The number of nitrogens with one attached hydrogen (secondary N) is 1. The maximum atomic E-state index is 12.9. The van der Waals surface area contributed by atoms with Gasteiger partial charge in [-0.05, 0) is 43.9 Å². The molecule has 1 unspecified atom stereocenters. The highest BCUT2D eigenvalue weighted by Crippen LogP contribution is 2.36. The first-order chi connectivity index (χ1) is 11.4. The zero-order chi connectivity index (χ0) is 17.4. The van der Waals surface area contributed by atoms with E-state index in [1.54, 1.807) is 19.1 Å². The lowest BCUT2D eigenvalue weighted by molar-refractivity contribution is -0.121. The zero-order valence-corrected chi connectivity index (χ0v) is 13.5. The summed E-state index contributed by atoms with van der Waals surface area (Å²) < 4.78 is 26.4. The molecule has 0 bridgehead atoms. The molecule has 24 heavy (non-hydrogen) atoms. The molecule has 3 rings (SSSR count). The van der Waals surface area contributed by atoms with Crippen LogP contribution < -0.4 is 5.32 Å². The average Bonchev–Trinajstić information content (AvgIpc) is 3.05. The number of phenols is 1. The Morgan fingerprint density at radius 1 is 1.46 bits per heavy atom. The summed E-state index contributed by atoms with van der Waals surface area (Å²) in [4.78, 5) is 12.3. The first-order valence-corrected chi connectivity index (χ1v) is 7.81. The number of halogens is 2. The Labute approximate surface area is 138 Å². The van der Waals surface area contributed by atoms with Gasteiger partial charge < -0.3 is 10.4 Å². The number of aromatic nitrogens is 2. The summed E-state index contributed by atoms with van der Waals surface area (Å²) in [6.07, 6.45) is 1.43. The van der Waals surface area contributed by atoms with E-state index < -0.39 is 6.55 Å². The lowest BCUT2D eigenvalue weighted by atomic mass is 10.1. The van der Waals surface area contributed by atoms with E-state index in [1.165, 1.54) is 6.92 Å². The Morgan fingerprint density at radius 3 is 2.88 bits per heavy atom. The van der Waals surface area contributed by atoms with Crippen molar-refractivity contribution in [1.29, 1.82) is 0 Å². The topological polar surface area (TPSA) is 67.2 Å². The second-order valence-electron chi connectivity index (χ2n) is 6.05. The molecule has 1 aromatic carbocycles. The van der Waals surface area contributed by atoms with Crippen LogP contribution in [-0.2, 0) is 17.6 Å². The van der Waals surface area contributed by atoms with Crippen molar-refractivity contribution in [2.24, 2.45) is 0 Å². The number of amides is 1. The lowest BCUT2D eigenvalue weighted by Gasteiger charge is -2.14. The highest BCUT2D eigenvalue weighted by Gasteiger charge is 2.27. The van der Waals surface area contributed by atoms with Crippen LogP contribution in [0.1, 0.15) is 47.1 Å². The number of hydrogen-bond donors (Lipinski definition) is 2. The van der Waals surface area contributed by atoms with Gasteiger partial charge in [-0.25, -0.2) is 4.68 Å². The predicted octanol–water partition coefficient (Wildman–Crippen LogP) is 2.95. The van der Waals surface area contributed by atoms with Crippen molar-refractivity contribution in [1.82, 2.24) is 15.1 Å². The van der Waals surface area contributed by atoms with Gasteiger partial charge in [-0.3, -0.25) is 4.79 Å². The SMILES string of the molecule is Cc1nn(C(F)F)c(C)c1CC(=O)NC1CCc2c(O)cccc21. The standard InChI is InChI=1S/C17H19F2N3O2/c1-9-13(10(2)22(21-9)17(18)19)8-16(24)20-14-7-6-12-11(14)4-3-5-15(12)23/h3-5,14,17,23H,6-8H2,1-2H3,(H,20,24). The number of fused-ring (bicyclic) bond motifs is 1. The Hall–Kier alpha value is -2.44. The van der Waals surface area contributed by atoms with Crippen LogP contribution in [-0.4, -0.2) is 20.8 Å². The van der Waals surface area contributed by atoms with Crippen molar-refractivity contribution in [3.63, 3.8) is 0 Å². The molecular formula is C17H19F2N3O2. The van der Waals surface area contributed by atoms with Crippen LogP contribution >= 0.6 is 0 Å². The minimum absolute atomic E-state index is 0.00896. The smallest absolute Gasteiger partial charge is 0.333 e. The monoisotopic (exact) mass is 335 g/mol. The first-order valence-electron chi connectivity index (χ1n) is 7.81. The molecule has 0 saturated carbocycles. The van der Waals surface area contributed by atoms with E-state index in [4.69, 9.17) is 0 Å². The number of rotatable bonds is 4. The third-order valence-electron chi connectivity index (χ3n) is 4.58. The summed E-state index contributed by atoms with van der Waals surface area (Å²) in [5.74, 6) is 0.00496. The fourth-order valence-corrected chi connectivity index (χ4v) is 3.33. The van der Waals surface area contributed by atoms with Crippen LogP contribution in [0.15, 0.2) is 18.2 Å². The molecule has 2 aromatic rings. The van der Waals surface area contributed by atoms with Crippen molar-refractivity contribution < 1.29 is 18.7 Å². The van der Waals surface area contributed by atoms with Crippen LogP contribution in [0.5, 0.6) is 5.75 Å². The second-order valence-corrected chi connectivity index (χ2v) is 6.05. The second kappa shape index (κ2) is 6.22. The molecule has 0 saturated heterocycles. The molecule has 128 valence electrons. The molecule has 1 amide bonds. The van der Waals surface area contributed by atoms with E-state index in [1.807, 2.05) is 6.07 Å². The van der Waals surface area contributed by atoms with Gasteiger partial charge >= 0.3 is 6.55 Å². The number of benzene rings is 1. The minimum Gasteiger partial charge on any atom is -0.508 e. The summed E-state index contributed by atoms with van der Waals surface area (Å²) in [5.41, 5.74) is 3.05. The van der Waals surface area contributed by atoms with Crippen LogP contribution in [0.3, 0.4) is 0 Å². The maximum absolute atomic E-state index is 12.9. The molecular weight excluding hydrogens is 316 g/mol. The molecule has 1 aromatic heterocycles. The van der Waals surface area contributed by atoms with Crippen LogP contribution in [0.25, 0.3) is 0 Å². The van der Waals surface area contributed by atoms with E-state index in [9.17, 15) is 18.7 Å². The Bertz CT molecular complexity index is 786. The quantitative estimate of drug-likeness (QED) is 0.903. The Morgan fingerprint density at radius 2 is 2.21 bits per heavy atom. The van der Waals surface area contributed by atoms with E-state index in [0.717, 1.165) is 11.1 Å². The van der Waals surface area contributed by atoms with Gasteiger partial charge in [0.25, 0.3) is 0 Å². The van der Waals surface area contributed by atoms with Crippen molar-refractivity contribution >= 4 is 5.91 Å². The molecule has 2 N–H and O–H groups in total. The number of carbonyl (C=O) groups is 1. The predicted molar refractivity (Wildman–Crippen MR) is 84.0 cm³/mol. The van der Waals surface area contributed by atoms with Gasteiger partial charge in [-0.2, -0.15) is 13.9 Å². The summed E-state index contributed by atoms with van der Waals surface area (Å²) in [6.45, 7) is 0.444. The molecule has 1 aliphatic rings. The maximum Gasteiger partial charge on any atom is 0.333 e. The van der Waals surface area contributed by atoms with Crippen LogP contribution in [0.2, 0.25) is 0 Å². The van der Waals surface area contributed by atoms with Gasteiger partial charge in [0.2, 0.25) is 5.91 Å². The average molecular weight is 335 g/mol. The fourth-order valence-electron chi connectivity index (χ4n) is 3.33. The zero-order valence-electron chi connectivity index (χ0n) is 13.5. The van der Waals surface area contributed by atoms with Gasteiger partial charge in [0.1, 0.15) is 5.75 Å². The normalized spacial score (nSPS) is 16.5. The van der Waals surface area contributed by atoms with E-state index in [2.05, 4.69) is 10.4 Å². The number of alkyl halides is 2. The largest absolute Gasteiger partial charge is 0.508 e. The highest BCUT2D eigenvalue weighted by molar-refractivity contribution is 5.79. The number of phenolic OH excluding ortho intramolecular Hbond substituents is 1. The number of aromatic hydroxyl groups is 1. The Kier molecular flexibility index (Phi) is 4.26. The molecule has 5 nitrogen and oxygen atoms in total. The molecule has 1 aliphatic carbocycles. The van der Waals surface area contributed by atoms with Gasteiger partial charge in [0.15, 0.2) is 0 Å².